The van der Waals surface area contributed by atoms with E-state index >= 15 is 0 Å². The summed E-state index contributed by atoms with van der Waals surface area (Å²) in [5, 5.41) is 0. The summed E-state index contributed by atoms with van der Waals surface area (Å²) in [7, 11) is -7.98. The number of sulfone groups is 2. The van der Waals surface area contributed by atoms with Crippen molar-refractivity contribution >= 4 is 19.7 Å². The second-order valence-electron chi connectivity index (χ2n) is 6.12. The van der Waals surface area contributed by atoms with Crippen LogP contribution in [-0.4, -0.2) is 21.4 Å². The van der Waals surface area contributed by atoms with E-state index in [-0.39, 0.29) is 22.1 Å². The van der Waals surface area contributed by atoms with E-state index in [9.17, 15) is 16.8 Å². The van der Waals surface area contributed by atoms with Gasteiger partial charge < -0.3 is 0 Å². The second kappa shape index (κ2) is 7.49. The lowest BCUT2D eigenvalue weighted by atomic mass is 10.1. The molecule has 0 aliphatic rings. The molecule has 0 atom stereocenters. The van der Waals surface area contributed by atoms with Gasteiger partial charge in [0.25, 0.3) is 0 Å². The van der Waals surface area contributed by atoms with Crippen LogP contribution in [0.4, 0.5) is 0 Å². The highest BCUT2D eigenvalue weighted by molar-refractivity contribution is 8.09. The van der Waals surface area contributed by atoms with Gasteiger partial charge in [-0.2, -0.15) is 0 Å². The van der Waals surface area contributed by atoms with Crippen molar-refractivity contribution in [3.63, 3.8) is 0 Å². The zero-order valence-corrected chi connectivity index (χ0v) is 15.4. The van der Waals surface area contributed by atoms with Crippen molar-refractivity contribution < 1.29 is 16.8 Å². The van der Waals surface area contributed by atoms with Gasteiger partial charge in [-0.1, -0.05) is 50.2 Å². The Balaban J connectivity index is 2.53. The number of hydrogen-bond donors (Lipinski definition) is 0. The van der Waals surface area contributed by atoms with Crippen molar-refractivity contribution in [1.82, 2.24) is 0 Å². The third-order valence-electron chi connectivity index (χ3n) is 3.82. The molecule has 0 N–H and O–H groups in total. The molecule has 0 spiro atoms. The first-order valence-electron chi connectivity index (χ1n) is 7.84. The van der Waals surface area contributed by atoms with Crippen molar-refractivity contribution in [3.05, 3.63) is 60.7 Å². The van der Waals surface area contributed by atoms with Crippen LogP contribution in [-0.2, 0) is 19.7 Å². The summed E-state index contributed by atoms with van der Waals surface area (Å²) in [6.07, 6.45) is 0.592. The van der Waals surface area contributed by atoms with Crippen LogP contribution in [0.5, 0.6) is 0 Å². The van der Waals surface area contributed by atoms with Gasteiger partial charge in [0.15, 0.2) is 24.3 Å². The van der Waals surface area contributed by atoms with E-state index in [1.54, 1.807) is 36.4 Å². The van der Waals surface area contributed by atoms with Crippen LogP contribution in [0.3, 0.4) is 0 Å². The first-order valence-corrected chi connectivity index (χ1v) is 10.9. The standard InChI is InChI=1S/C18H22O4S2/c1-15(2)13-14-18(23(19,20)16-9-5-3-6-10-16)24(21,22)17-11-7-4-8-12-17/h3-12,15,18H,13-14H2,1-2H3. The minimum absolute atomic E-state index is 0.0401. The summed E-state index contributed by atoms with van der Waals surface area (Å²) in [6, 6.07) is 15.6. The molecule has 2 aromatic rings. The molecule has 2 aromatic carbocycles. The van der Waals surface area contributed by atoms with Crippen molar-refractivity contribution in [2.45, 2.75) is 41.1 Å². The number of benzene rings is 2. The molecule has 0 aliphatic heterocycles. The number of hydrogen-bond acceptors (Lipinski definition) is 4. The molecule has 0 saturated heterocycles. The highest BCUT2D eigenvalue weighted by atomic mass is 32.3. The van der Waals surface area contributed by atoms with Gasteiger partial charge in [-0.15, -0.1) is 0 Å². The van der Waals surface area contributed by atoms with Crippen LogP contribution >= 0.6 is 0 Å². The molecule has 0 aromatic heterocycles. The fourth-order valence-corrected chi connectivity index (χ4v) is 7.04. The van der Waals surface area contributed by atoms with E-state index in [2.05, 4.69) is 0 Å². The van der Waals surface area contributed by atoms with Crippen LogP contribution in [0.1, 0.15) is 26.7 Å². The first-order chi connectivity index (χ1) is 11.3. The molecule has 0 unspecified atom stereocenters. The van der Waals surface area contributed by atoms with Gasteiger partial charge >= 0.3 is 0 Å². The van der Waals surface area contributed by atoms with Crippen molar-refractivity contribution in [2.75, 3.05) is 0 Å². The summed E-state index contributed by atoms with van der Waals surface area (Å²) >= 11 is 0. The zero-order valence-electron chi connectivity index (χ0n) is 13.8. The Morgan fingerprint density at radius 3 is 1.38 bits per heavy atom. The van der Waals surface area contributed by atoms with E-state index in [1.165, 1.54) is 24.3 Å². The molecule has 0 amide bonds. The smallest absolute Gasteiger partial charge is 0.195 e. The van der Waals surface area contributed by atoms with Crippen LogP contribution in [0.2, 0.25) is 0 Å². The third kappa shape index (κ3) is 4.05. The van der Waals surface area contributed by atoms with E-state index in [4.69, 9.17) is 0 Å². The van der Waals surface area contributed by atoms with Gasteiger partial charge in [0.05, 0.1) is 9.79 Å². The normalized spacial score (nSPS) is 12.7. The molecule has 0 radical (unpaired) electrons. The third-order valence-corrected chi connectivity index (χ3v) is 9.05. The molecule has 0 fully saturated rings. The summed E-state index contributed by atoms with van der Waals surface area (Å²) < 4.78 is 50.5. The Morgan fingerprint density at radius 1 is 0.667 bits per heavy atom. The molecule has 0 saturated carbocycles. The largest absolute Gasteiger partial charge is 0.222 e. The summed E-state index contributed by atoms with van der Waals surface area (Å²) in [6.45, 7) is 3.89. The summed E-state index contributed by atoms with van der Waals surface area (Å²) in [5.74, 6) is 0.212. The quantitative estimate of drug-likeness (QED) is 0.749. The van der Waals surface area contributed by atoms with Crippen LogP contribution in [0, 0.1) is 5.92 Å². The predicted molar refractivity (Wildman–Crippen MR) is 95.1 cm³/mol. The molecule has 130 valence electrons. The highest BCUT2D eigenvalue weighted by Gasteiger charge is 2.39. The minimum Gasteiger partial charge on any atom is -0.222 e. The maximum atomic E-state index is 13.0. The molecule has 0 bridgehead atoms. The van der Waals surface area contributed by atoms with E-state index in [0.717, 1.165) is 0 Å². The fraction of sp³-hybridized carbons (Fsp3) is 0.333. The Bertz CT molecular complexity index is 786. The van der Waals surface area contributed by atoms with E-state index < -0.39 is 24.3 Å². The topological polar surface area (TPSA) is 68.3 Å². The summed E-state index contributed by atoms with van der Waals surface area (Å²) in [5.41, 5.74) is 0. The molecule has 0 heterocycles. The summed E-state index contributed by atoms with van der Waals surface area (Å²) in [4.78, 5) is 0.0801. The van der Waals surface area contributed by atoms with Gasteiger partial charge in [0.1, 0.15) is 0 Å². The molecule has 4 nitrogen and oxygen atoms in total. The average molecular weight is 367 g/mol. The molecule has 24 heavy (non-hydrogen) atoms. The van der Waals surface area contributed by atoms with Gasteiger partial charge in [-0.25, -0.2) is 16.8 Å². The Morgan fingerprint density at radius 2 is 1.04 bits per heavy atom. The zero-order chi connectivity index (χ0) is 17.8. The monoisotopic (exact) mass is 366 g/mol. The average Bonchev–Trinajstić information content (AvgIpc) is 2.56. The molecular formula is C18H22O4S2. The lowest BCUT2D eigenvalue weighted by Gasteiger charge is -2.19. The molecule has 6 heteroatoms. The van der Waals surface area contributed by atoms with Crippen molar-refractivity contribution in [2.24, 2.45) is 5.92 Å². The second-order valence-corrected chi connectivity index (χ2v) is 10.7. The maximum Gasteiger partial charge on any atom is 0.195 e. The van der Waals surface area contributed by atoms with Gasteiger partial charge in [0.2, 0.25) is 0 Å². The lowest BCUT2D eigenvalue weighted by molar-refractivity contribution is 0.534. The van der Waals surface area contributed by atoms with Crippen molar-refractivity contribution in [3.8, 4) is 0 Å². The predicted octanol–water partition coefficient (Wildman–Crippen LogP) is 3.70. The van der Waals surface area contributed by atoms with Gasteiger partial charge in [0, 0.05) is 0 Å². The maximum absolute atomic E-state index is 13.0. The lowest BCUT2D eigenvalue weighted by Crippen LogP contribution is -2.31. The Labute approximate surface area is 144 Å². The SMILES string of the molecule is CC(C)CCC(S(=O)(=O)c1ccccc1)S(=O)(=O)c1ccccc1. The highest BCUT2D eigenvalue weighted by Crippen LogP contribution is 2.29. The van der Waals surface area contributed by atoms with Crippen LogP contribution in [0.25, 0.3) is 0 Å². The minimum atomic E-state index is -3.99. The van der Waals surface area contributed by atoms with E-state index in [1.807, 2.05) is 13.8 Å². The van der Waals surface area contributed by atoms with Gasteiger partial charge in [-0.05, 0) is 43.0 Å². The Kier molecular flexibility index (Phi) is 5.83. The fourth-order valence-electron chi connectivity index (χ4n) is 2.47. The first kappa shape index (κ1) is 18.7. The molecular weight excluding hydrogens is 344 g/mol. The van der Waals surface area contributed by atoms with Gasteiger partial charge in [-0.3, -0.25) is 0 Å². The molecule has 0 aliphatic carbocycles. The van der Waals surface area contributed by atoms with Crippen LogP contribution < -0.4 is 0 Å². The molecule has 2 rings (SSSR count). The Hall–Kier alpha value is -1.66. The number of rotatable bonds is 7. The van der Waals surface area contributed by atoms with Crippen molar-refractivity contribution in [1.29, 1.82) is 0 Å². The van der Waals surface area contributed by atoms with E-state index in [0.29, 0.717) is 6.42 Å². The van der Waals surface area contributed by atoms with Crippen LogP contribution in [0.15, 0.2) is 70.5 Å².